The summed E-state index contributed by atoms with van der Waals surface area (Å²) in [6.45, 7) is 4.99. The third-order valence-electron chi connectivity index (χ3n) is 3.36. The summed E-state index contributed by atoms with van der Waals surface area (Å²) < 4.78 is 7.18. The second kappa shape index (κ2) is 7.27. The third kappa shape index (κ3) is 3.62. The predicted octanol–water partition coefficient (Wildman–Crippen LogP) is 3.35. The summed E-state index contributed by atoms with van der Waals surface area (Å²) in [5.74, 6) is 0.700. The van der Waals surface area contributed by atoms with Crippen molar-refractivity contribution in [1.29, 1.82) is 0 Å². The minimum atomic E-state index is -0.268. The highest BCUT2D eigenvalue weighted by Gasteiger charge is 2.15. The van der Waals surface area contributed by atoms with Crippen LogP contribution in [0.3, 0.4) is 0 Å². The van der Waals surface area contributed by atoms with Gasteiger partial charge in [-0.3, -0.25) is 4.79 Å². The molecule has 0 radical (unpaired) electrons. The van der Waals surface area contributed by atoms with Crippen LogP contribution in [0.25, 0.3) is 0 Å². The summed E-state index contributed by atoms with van der Waals surface area (Å²) in [4.78, 5) is 19.1. The number of nitrogens with zero attached hydrogens (tertiary/aromatic N) is 3. The Kier molecular flexibility index (Phi) is 4.90. The molecular weight excluding hydrogens is 324 g/mol. The van der Waals surface area contributed by atoms with E-state index in [0.29, 0.717) is 30.4 Å². The van der Waals surface area contributed by atoms with Crippen LogP contribution in [0.2, 0.25) is 0 Å². The number of ether oxygens (including phenoxy) is 1. The van der Waals surface area contributed by atoms with Gasteiger partial charge in [-0.1, -0.05) is 0 Å². The van der Waals surface area contributed by atoms with Crippen LogP contribution in [0.5, 0.6) is 5.88 Å². The number of pyridine rings is 1. The van der Waals surface area contributed by atoms with Gasteiger partial charge in [0.05, 0.1) is 19.3 Å². The summed E-state index contributed by atoms with van der Waals surface area (Å²) in [5, 5.41) is 7.17. The number of carbonyl (C=O) groups is 1. The van der Waals surface area contributed by atoms with Crippen molar-refractivity contribution in [1.82, 2.24) is 14.8 Å². The lowest BCUT2D eigenvalue weighted by atomic mass is 10.2. The molecule has 24 heavy (non-hydrogen) atoms. The van der Waals surface area contributed by atoms with Crippen LogP contribution in [0.15, 0.2) is 42.7 Å². The van der Waals surface area contributed by atoms with E-state index in [2.05, 4.69) is 34.5 Å². The molecule has 0 unspecified atom stereocenters. The molecule has 0 saturated carbocycles. The number of aromatic nitrogens is 3. The lowest BCUT2D eigenvalue weighted by Crippen LogP contribution is -2.17. The molecule has 0 aliphatic carbocycles. The molecule has 6 nitrogen and oxygen atoms in total. The van der Waals surface area contributed by atoms with Crippen LogP contribution >= 0.6 is 11.3 Å². The minimum absolute atomic E-state index is 0.268. The molecule has 7 heteroatoms. The number of hydrogen-bond acceptors (Lipinski definition) is 5. The second-order valence-corrected chi connectivity index (χ2v) is 6.50. The van der Waals surface area contributed by atoms with Crippen molar-refractivity contribution >= 4 is 23.1 Å². The largest absolute Gasteiger partial charge is 0.477 e. The highest BCUT2D eigenvalue weighted by Crippen LogP contribution is 2.20. The quantitative estimate of drug-likeness (QED) is 0.746. The summed E-state index contributed by atoms with van der Waals surface area (Å²) in [6.07, 6.45) is 3.27. The lowest BCUT2D eigenvalue weighted by Gasteiger charge is -2.10. The van der Waals surface area contributed by atoms with E-state index < -0.39 is 0 Å². The average Bonchev–Trinajstić information content (AvgIpc) is 3.18. The van der Waals surface area contributed by atoms with Crippen molar-refractivity contribution in [3.8, 4) is 5.88 Å². The number of aryl methyl sites for hydroxylation is 1. The van der Waals surface area contributed by atoms with E-state index in [1.807, 2.05) is 6.92 Å². The Morgan fingerprint density at radius 3 is 2.92 bits per heavy atom. The van der Waals surface area contributed by atoms with Crippen LogP contribution in [-0.2, 0) is 6.54 Å². The first kappa shape index (κ1) is 16.2. The molecule has 3 aromatic rings. The van der Waals surface area contributed by atoms with E-state index in [1.54, 1.807) is 46.6 Å². The zero-order chi connectivity index (χ0) is 16.9. The summed E-state index contributed by atoms with van der Waals surface area (Å²) in [6, 6.07) is 9.32. The van der Waals surface area contributed by atoms with Crippen LogP contribution in [0.4, 0.5) is 5.82 Å². The average molecular weight is 342 g/mol. The zero-order valence-corrected chi connectivity index (χ0v) is 14.3. The molecule has 3 rings (SSSR count). The molecular formula is C17H18N4O2S. The number of thiophene rings is 1. The SMILES string of the molecule is CCOc1ncccc1C(=O)Nc1ccnn1Cc1ccc(C)s1. The maximum absolute atomic E-state index is 12.5. The molecule has 0 aromatic carbocycles. The van der Waals surface area contributed by atoms with Gasteiger partial charge in [-0.05, 0) is 38.1 Å². The first-order valence-electron chi connectivity index (χ1n) is 7.63. The molecule has 1 amide bonds. The topological polar surface area (TPSA) is 69.0 Å². The fourth-order valence-electron chi connectivity index (χ4n) is 2.28. The van der Waals surface area contributed by atoms with Crippen LogP contribution < -0.4 is 10.1 Å². The standard InChI is InChI=1S/C17H18N4O2S/c1-3-23-17-14(5-4-9-18-17)16(22)20-15-8-10-19-21(15)11-13-7-6-12(2)24-13/h4-10H,3,11H2,1-2H3,(H,20,22). The van der Waals surface area contributed by atoms with Gasteiger partial charge in [0.2, 0.25) is 5.88 Å². The van der Waals surface area contributed by atoms with Gasteiger partial charge in [-0.2, -0.15) is 5.10 Å². The number of amides is 1. The van der Waals surface area contributed by atoms with Crippen LogP contribution in [-0.4, -0.2) is 27.3 Å². The molecule has 124 valence electrons. The molecule has 0 bridgehead atoms. The van der Waals surface area contributed by atoms with E-state index in [1.165, 1.54) is 9.75 Å². The zero-order valence-electron chi connectivity index (χ0n) is 13.5. The van der Waals surface area contributed by atoms with Crippen molar-refractivity contribution in [2.75, 3.05) is 11.9 Å². The molecule has 3 heterocycles. The van der Waals surface area contributed by atoms with Crippen LogP contribution in [0, 0.1) is 6.92 Å². The van der Waals surface area contributed by atoms with E-state index >= 15 is 0 Å². The second-order valence-electron chi connectivity index (χ2n) is 5.13. The molecule has 0 fully saturated rings. The van der Waals surface area contributed by atoms with Gasteiger partial charge in [0.15, 0.2) is 0 Å². The van der Waals surface area contributed by atoms with E-state index in [9.17, 15) is 4.79 Å². The van der Waals surface area contributed by atoms with E-state index in [4.69, 9.17) is 4.74 Å². The normalized spacial score (nSPS) is 10.6. The number of nitrogens with one attached hydrogen (secondary N) is 1. The molecule has 0 aliphatic rings. The van der Waals surface area contributed by atoms with Crippen molar-refractivity contribution in [3.63, 3.8) is 0 Å². The monoisotopic (exact) mass is 342 g/mol. The maximum Gasteiger partial charge on any atom is 0.262 e. The fraction of sp³-hybridized carbons (Fsp3) is 0.235. The Morgan fingerprint density at radius 2 is 2.17 bits per heavy atom. The van der Waals surface area contributed by atoms with Crippen molar-refractivity contribution in [2.24, 2.45) is 0 Å². The Morgan fingerprint density at radius 1 is 1.29 bits per heavy atom. The summed E-state index contributed by atoms with van der Waals surface area (Å²) in [7, 11) is 0. The Labute approximate surface area is 144 Å². The predicted molar refractivity (Wildman–Crippen MR) is 93.7 cm³/mol. The lowest BCUT2D eigenvalue weighted by molar-refractivity contribution is 0.102. The first-order valence-corrected chi connectivity index (χ1v) is 8.45. The number of carbonyl (C=O) groups excluding carboxylic acids is 1. The first-order chi connectivity index (χ1) is 11.7. The van der Waals surface area contributed by atoms with E-state index in [-0.39, 0.29) is 5.91 Å². The number of rotatable bonds is 6. The van der Waals surface area contributed by atoms with E-state index in [0.717, 1.165) is 0 Å². The summed E-state index contributed by atoms with van der Waals surface area (Å²) >= 11 is 1.72. The Hall–Kier alpha value is -2.67. The van der Waals surface area contributed by atoms with Crippen molar-refractivity contribution < 1.29 is 9.53 Å². The van der Waals surface area contributed by atoms with Gasteiger partial charge < -0.3 is 10.1 Å². The minimum Gasteiger partial charge on any atom is -0.477 e. The maximum atomic E-state index is 12.5. The Balaban J connectivity index is 1.77. The highest BCUT2D eigenvalue weighted by molar-refractivity contribution is 7.11. The number of hydrogen-bond donors (Lipinski definition) is 1. The van der Waals surface area contributed by atoms with Gasteiger partial charge >= 0.3 is 0 Å². The number of anilines is 1. The van der Waals surface area contributed by atoms with Gasteiger partial charge in [-0.25, -0.2) is 9.67 Å². The fourth-order valence-corrected chi connectivity index (χ4v) is 3.15. The van der Waals surface area contributed by atoms with Gasteiger partial charge in [-0.15, -0.1) is 11.3 Å². The van der Waals surface area contributed by atoms with Crippen molar-refractivity contribution in [2.45, 2.75) is 20.4 Å². The van der Waals surface area contributed by atoms with Gasteiger partial charge in [0, 0.05) is 22.0 Å². The molecule has 0 atom stereocenters. The molecule has 0 spiro atoms. The van der Waals surface area contributed by atoms with Gasteiger partial charge in [0.25, 0.3) is 5.91 Å². The third-order valence-corrected chi connectivity index (χ3v) is 4.34. The summed E-state index contributed by atoms with van der Waals surface area (Å²) in [5.41, 5.74) is 0.402. The molecule has 1 N–H and O–H groups in total. The molecule has 3 aromatic heterocycles. The molecule has 0 aliphatic heterocycles. The van der Waals surface area contributed by atoms with Gasteiger partial charge in [0.1, 0.15) is 11.4 Å². The molecule has 0 saturated heterocycles. The smallest absolute Gasteiger partial charge is 0.262 e. The Bertz CT molecular complexity index is 840. The van der Waals surface area contributed by atoms with Crippen LogP contribution in [0.1, 0.15) is 27.0 Å². The highest BCUT2D eigenvalue weighted by atomic mass is 32.1. The van der Waals surface area contributed by atoms with Crippen molar-refractivity contribution in [3.05, 3.63) is 58.0 Å².